The number of anilines is 1. The molecule has 0 bridgehead atoms. The third-order valence-corrected chi connectivity index (χ3v) is 3.01. The molecule has 0 fully saturated rings. The van der Waals surface area contributed by atoms with Crippen LogP contribution in [0.15, 0.2) is 66.4 Å². The van der Waals surface area contributed by atoms with E-state index in [-0.39, 0.29) is 5.78 Å². The first kappa shape index (κ1) is 10.8. The lowest BCUT2D eigenvalue weighted by Crippen LogP contribution is -2.03. The predicted octanol–water partition coefficient (Wildman–Crippen LogP) is 3.66. The highest BCUT2D eigenvalue weighted by molar-refractivity contribution is 5.93. The van der Waals surface area contributed by atoms with Crippen LogP contribution in [0.5, 0.6) is 0 Å². The van der Waals surface area contributed by atoms with Gasteiger partial charge in [0.05, 0.1) is 0 Å². The number of nitrogens with one attached hydrogen (secondary N) is 1. The highest BCUT2D eigenvalue weighted by Crippen LogP contribution is 2.21. The first-order valence-corrected chi connectivity index (χ1v) is 5.98. The molecule has 0 atom stereocenters. The molecule has 1 aliphatic carbocycles. The predicted molar refractivity (Wildman–Crippen MR) is 74.4 cm³/mol. The first-order chi connectivity index (χ1) is 8.81. The second-order valence-corrected chi connectivity index (χ2v) is 4.35. The van der Waals surface area contributed by atoms with Crippen LogP contribution in [0.3, 0.4) is 0 Å². The molecule has 1 aliphatic rings. The Morgan fingerprint density at radius 1 is 0.944 bits per heavy atom. The summed E-state index contributed by atoms with van der Waals surface area (Å²) < 4.78 is 0. The van der Waals surface area contributed by atoms with Gasteiger partial charge < -0.3 is 5.32 Å². The van der Waals surface area contributed by atoms with Crippen LogP contribution < -0.4 is 5.32 Å². The summed E-state index contributed by atoms with van der Waals surface area (Å²) in [7, 11) is 0. The molecule has 0 unspecified atom stereocenters. The Morgan fingerprint density at radius 3 is 2.56 bits per heavy atom. The van der Waals surface area contributed by atoms with Crippen molar-refractivity contribution in [2.45, 2.75) is 6.42 Å². The van der Waals surface area contributed by atoms with E-state index < -0.39 is 0 Å². The Balaban J connectivity index is 1.87. The molecule has 3 rings (SSSR count). The molecule has 88 valence electrons. The first-order valence-electron chi connectivity index (χ1n) is 5.98. The van der Waals surface area contributed by atoms with Crippen molar-refractivity contribution < 1.29 is 4.79 Å². The molecule has 0 heterocycles. The van der Waals surface area contributed by atoms with E-state index in [0.717, 1.165) is 11.4 Å². The zero-order chi connectivity index (χ0) is 12.4. The highest BCUT2D eigenvalue weighted by atomic mass is 16.1. The average molecular weight is 235 g/mol. The standard InChI is InChI=1S/C16H13NO/c18-16-9-7-14(8-10-16)17-15-6-5-12-3-1-2-4-13(12)11-15/h1-9,11,17H,10H2. The van der Waals surface area contributed by atoms with Crippen molar-refractivity contribution in [3.8, 4) is 0 Å². The number of benzene rings is 2. The van der Waals surface area contributed by atoms with Crippen LogP contribution in [-0.2, 0) is 4.79 Å². The summed E-state index contributed by atoms with van der Waals surface area (Å²) in [6.45, 7) is 0. The van der Waals surface area contributed by atoms with Crippen molar-refractivity contribution in [1.29, 1.82) is 0 Å². The van der Waals surface area contributed by atoms with E-state index >= 15 is 0 Å². The van der Waals surface area contributed by atoms with Gasteiger partial charge in [0.2, 0.25) is 0 Å². The summed E-state index contributed by atoms with van der Waals surface area (Å²) in [6.07, 6.45) is 5.83. The second kappa shape index (κ2) is 4.49. The van der Waals surface area contributed by atoms with Crippen molar-refractivity contribution >= 4 is 22.2 Å². The Labute approximate surface area is 106 Å². The molecule has 0 saturated heterocycles. The van der Waals surface area contributed by atoms with Gasteiger partial charge in [0, 0.05) is 17.8 Å². The minimum Gasteiger partial charge on any atom is -0.356 e. The van der Waals surface area contributed by atoms with E-state index in [1.54, 1.807) is 6.08 Å². The zero-order valence-electron chi connectivity index (χ0n) is 9.89. The summed E-state index contributed by atoms with van der Waals surface area (Å²) in [5.74, 6) is 0.152. The topological polar surface area (TPSA) is 29.1 Å². The monoisotopic (exact) mass is 235 g/mol. The van der Waals surface area contributed by atoms with Crippen molar-refractivity contribution in [2.24, 2.45) is 0 Å². The van der Waals surface area contributed by atoms with Crippen LogP contribution in [0.25, 0.3) is 10.8 Å². The number of carbonyl (C=O) groups excluding carboxylic acids is 1. The summed E-state index contributed by atoms with van der Waals surface area (Å²) in [6, 6.07) is 14.5. The number of fused-ring (bicyclic) bond motifs is 1. The zero-order valence-corrected chi connectivity index (χ0v) is 9.89. The van der Waals surface area contributed by atoms with Crippen LogP contribution in [0.2, 0.25) is 0 Å². The number of ketones is 1. The quantitative estimate of drug-likeness (QED) is 0.860. The Morgan fingerprint density at radius 2 is 1.78 bits per heavy atom. The molecule has 1 N–H and O–H groups in total. The molecule has 2 nitrogen and oxygen atoms in total. The number of hydrogen-bond donors (Lipinski definition) is 1. The Hall–Kier alpha value is -2.35. The SMILES string of the molecule is O=C1C=CC(Nc2ccc3ccccc3c2)=CC1. The largest absolute Gasteiger partial charge is 0.356 e. The summed E-state index contributed by atoms with van der Waals surface area (Å²) in [5.41, 5.74) is 2.02. The molecule has 0 aliphatic heterocycles. The third kappa shape index (κ3) is 2.18. The van der Waals surface area contributed by atoms with Gasteiger partial charge in [-0.3, -0.25) is 4.79 Å². The molecule has 18 heavy (non-hydrogen) atoms. The Bertz CT molecular complexity index is 668. The fraction of sp³-hybridized carbons (Fsp3) is 0.0625. The molecule has 2 aromatic rings. The maximum absolute atomic E-state index is 11.1. The molecule has 0 spiro atoms. The maximum Gasteiger partial charge on any atom is 0.159 e. The van der Waals surface area contributed by atoms with Gasteiger partial charge in [0.15, 0.2) is 5.78 Å². The molecule has 0 saturated carbocycles. The van der Waals surface area contributed by atoms with Gasteiger partial charge >= 0.3 is 0 Å². The van der Waals surface area contributed by atoms with Crippen LogP contribution in [-0.4, -0.2) is 5.78 Å². The van der Waals surface area contributed by atoms with Gasteiger partial charge in [-0.05, 0) is 35.1 Å². The smallest absolute Gasteiger partial charge is 0.159 e. The number of allylic oxidation sites excluding steroid dienone is 3. The minimum absolute atomic E-state index is 0.152. The lowest BCUT2D eigenvalue weighted by atomic mass is 10.1. The lowest BCUT2D eigenvalue weighted by molar-refractivity contribution is -0.113. The van der Waals surface area contributed by atoms with Crippen molar-refractivity contribution in [3.05, 3.63) is 66.4 Å². The van der Waals surface area contributed by atoms with Crippen molar-refractivity contribution in [1.82, 2.24) is 0 Å². The van der Waals surface area contributed by atoms with Crippen molar-refractivity contribution in [3.63, 3.8) is 0 Å². The fourth-order valence-corrected chi connectivity index (χ4v) is 2.06. The van der Waals surface area contributed by atoms with Gasteiger partial charge in [0.25, 0.3) is 0 Å². The Kier molecular flexibility index (Phi) is 2.69. The minimum atomic E-state index is 0.152. The maximum atomic E-state index is 11.1. The van der Waals surface area contributed by atoms with Crippen molar-refractivity contribution in [2.75, 3.05) is 5.32 Å². The van der Waals surface area contributed by atoms with Crippen LogP contribution in [0, 0.1) is 0 Å². The normalized spacial score (nSPS) is 14.7. The van der Waals surface area contributed by atoms with E-state index in [9.17, 15) is 4.79 Å². The highest BCUT2D eigenvalue weighted by Gasteiger charge is 2.03. The molecule has 0 amide bonds. The molecule has 2 aromatic carbocycles. The number of hydrogen-bond acceptors (Lipinski definition) is 2. The summed E-state index contributed by atoms with van der Waals surface area (Å²) in [5, 5.41) is 5.75. The van der Waals surface area contributed by atoms with E-state index in [4.69, 9.17) is 0 Å². The van der Waals surface area contributed by atoms with Crippen LogP contribution >= 0.6 is 0 Å². The van der Waals surface area contributed by atoms with Gasteiger partial charge in [-0.15, -0.1) is 0 Å². The van der Waals surface area contributed by atoms with Crippen LogP contribution in [0.1, 0.15) is 6.42 Å². The lowest BCUT2D eigenvalue weighted by Gasteiger charge is -2.10. The summed E-state index contributed by atoms with van der Waals surface area (Å²) in [4.78, 5) is 11.1. The van der Waals surface area contributed by atoms with Gasteiger partial charge in [-0.2, -0.15) is 0 Å². The number of rotatable bonds is 2. The van der Waals surface area contributed by atoms with E-state index in [2.05, 4.69) is 29.6 Å². The van der Waals surface area contributed by atoms with Gasteiger partial charge in [0.1, 0.15) is 0 Å². The van der Waals surface area contributed by atoms with E-state index in [1.807, 2.05) is 30.4 Å². The molecular weight excluding hydrogens is 222 g/mol. The van der Waals surface area contributed by atoms with E-state index in [1.165, 1.54) is 10.8 Å². The van der Waals surface area contributed by atoms with E-state index in [0.29, 0.717) is 6.42 Å². The molecule has 0 aromatic heterocycles. The second-order valence-electron chi connectivity index (χ2n) is 4.35. The molecule has 2 heteroatoms. The average Bonchev–Trinajstić information content (AvgIpc) is 2.41. The van der Waals surface area contributed by atoms with Crippen LogP contribution in [0.4, 0.5) is 5.69 Å². The third-order valence-electron chi connectivity index (χ3n) is 3.01. The van der Waals surface area contributed by atoms with Gasteiger partial charge in [-0.25, -0.2) is 0 Å². The molecular formula is C16H13NO. The summed E-state index contributed by atoms with van der Waals surface area (Å²) >= 11 is 0. The molecule has 0 radical (unpaired) electrons. The van der Waals surface area contributed by atoms with Gasteiger partial charge in [-0.1, -0.05) is 36.4 Å². The fourth-order valence-electron chi connectivity index (χ4n) is 2.06. The number of carbonyl (C=O) groups is 1.